The number of carbonyl (C=O) groups excluding carboxylic acids is 1. The molecule has 2 nitrogen and oxygen atoms in total. The van der Waals surface area contributed by atoms with Gasteiger partial charge in [-0.2, -0.15) is 0 Å². The molecule has 0 saturated carbocycles. The van der Waals surface area contributed by atoms with Gasteiger partial charge in [0.05, 0.1) is 17.2 Å². The molecule has 0 atom stereocenters. The Kier molecular flexibility index (Phi) is 3.77. The van der Waals surface area contributed by atoms with Crippen molar-refractivity contribution in [3.63, 3.8) is 0 Å². The Balaban J connectivity index is 3.09. The minimum atomic E-state index is -0.576. The van der Waals surface area contributed by atoms with E-state index >= 15 is 0 Å². The molecule has 76 valence electrons. The standard InChI is InChI=1S/C9H8ClFO2S/c1-2-13-9(12)5-3-8(14)7(11)4-6(5)10/h3-4,14H,2H2,1H3. The summed E-state index contributed by atoms with van der Waals surface area (Å²) in [6.07, 6.45) is 0. The van der Waals surface area contributed by atoms with Gasteiger partial charge >= 0.3 is 5.97 Å². The SMILES string of the molecule is CCOC(=O)c1cc(S)c(F)cc1Cl. The van der Waals surface area contributed by atoms with Gasteiger partial charge in [-0.05, 0) is 19.1 Å². The fraction of sp³-hybridized carbons (Fsp3) is 0.222. The summed E-state index contributed by atoms with van der Waals surface area (Å²) in [4.78, 5) is 11.3. The van der Waals surface area contributed by atoms with Crippen molar-refractivity contribution in [2.75, 3.05) is 6.61 Å². The van der Waals surface area contributed by atoms with Crippen LogP contribution in [0.15, 0.2) is 17.0 Å². The van der Waals surface area contributed by atoms with Gasteiger partial charge in [0, 0.05) is 4.90 Å². The van der Waals surface area contributed by atoms with Gasteiger partial charge < -0.3 is 4.74 Å². The van der Waals surface area contributed by atoms with Gasteiger partial charge in [-0.1, -0.05) is 11.6 Å². The number of hydrogen-bond acceptors (Lipinski definition) is 3. The predicted molar refractivity (Wildman–Crippen MR) is 54.6 cm³/mol. The monoisotopic (exact) mass is 234 g/mol. The van der Waals surface area contributed by atoms with Crippen LogP contribution in [-0.2, 0) is 4.74 Å². The number of carbonyl (C=O) groups is 1. The van der Waals surface area contributed by atoms with E-state index in [1.165, 1.54) is 6.07 Å². The van der Waals surface area contributed by atoms with Gasteiger partial charge in [-0.3, -0.25) is 0 Å². The van der Waals surface area contributed by atoms with Gasteiger partial charge in [0.25, 0.3) is 0 Å². The molecule has 1 aromatic carbocycles. The Morgan fingerprint density at radius 1 is 1.64 bits per heavy atom. The lowest BCUT2D eigenvalue weighted by Gasteiger charge is -2.05. The van der Waals surface area contributed by atoms with Crippen LogP contribution in [0.1, 0.15) is 17.3 Å². The largest absolute Gasteiger partial charge is 0.462 e. The smallest absolute Gasteiger partial charge is 0.339 e. The van der Waals surface area contributed by atoms with Crippen LogP contribution in [0.3, 0.4) is 0 Å². The first kappa shape index (κ1) is 11.3. The Hall–Kier alpha value is -0.740. The van der Waals surface area contributed by atoms with Crippen LogP contribution in [-0.4, -0.2) is 12.6 Å². The second-order valence-electron chi connectivity index (χ2n) is 2.50. The van der Waals surface area contributed by atoms with E-state index in [1.54, 1.807) is 6.92 Å². The Morgan fingerprint density at radius 2 is 2.29 bits per heavy atom. The van der Waals surface area contributed by atoms with Gasteiger partial charge in [-0.15, -0.1) is 12.6 Å². The third-order valence-electron chi connectivity index (χ3n) is 1.53. The first-order valence-electron chi connectivity index (χ1n) is 3.91. The number of esters is 1. The van der Waals surface area contributed by atoms with Crippen molar-refractivity contribution in [2.45, 2.75) is 11.8 Å². The van der Waals surface area contributed by atoms with Crippen LogP contribution in [0.5, 0.6) is 0 Å². The minimum Gasteiger partial charge on any atom is -0.462 e. The number of benzene rings is 1. The molecule has 0 unspecified atom stereocenters. The molecule has 0 heterocycles. The molecule has 0 N–H and O–H groups in total. The highest BCUT2D eigenvalue weighted by molar-refractivity contribution is 7.80. The van der Waals surface area contributed by atoms with Crippen LogP contribution in [0.4, 0.5) is 4.39 Å². The van der Waals surface area contributed by atoms with E-state index in [1.807, 2.05) is 0 Å². The lowest BCUT2D eigenvalue weighted by atomic mass is 10.2. The van der Waals surface area contributed by atoms with E-state index in [9.17, 15) is 9.18 Å². The summed E-state index contributed by atoms with van der Waals surface area (Å²) in [5.41, 5.74) is 0.125. The van der Waals surface area contributed by atoms with Gasteiger partial charge in [0.15, 0.2) is 0 Å². The quantitative estimate of drug-likeness (QED) is 0.629. The van der Waals surface area contributed by atoms with Crippen molar-refractivity contribution in [3.05, 3.63) is 28.5 Å². The molecule has 0 fully saturated rings. The zero-order chi connectivity index (χ0) is 10.7. The summed E-state index contributed by atoms with van der Waals surface area (Å²) in [5.74, 6) is -1.14. The molecule has 0 saturated heterocycles. The first-order valence-corrected chi connectivity index (χ1v) is 4.74. The summed E-state index contributed by atoms with van der Waals surface area (Å²) in [6, 6.07) is 2.29. The van der Waals surface area contributed by atoms with Crippen molar-refractivity contribution < 1.29 is 13.9 Å². The van der Waals surface area contributed by atoms with Crippen molar-refractivity contribution in [1.82, 2.24) is 0 Å². The molecule has 0 aromatic heterocycles. The number of ether oxygens (including phenoxy) is 1. The van der Waals surface area contributed by atoms with Crippen molar-refractivity contribution >= 4 is 30.2 Å². The van der Waals surface area contributed by atoms with Crippen LogP contribution in [0, 0.1) is 5.82 Å². The summed E-state index contributed by atoms with van der Waals surface area (Å²) >= 11 is 9.49. The lowest BCUT2D eigenvalue weighted by molar-refractivity contribution is 0.0526. The fourth-order valence-electron chi connectivity index (χ4n) is 0.903. The van der Waals surface area contributed by atoms with Gasteiger partial charge in [0.2, 0.25) is 0 Å². The van der Waals surface area contributed by atoms with Crippen LogP contribution < -0.4 is 0 Å². The molecule has 0 bridgehead atoms. The molecular weight excluding hydrogens is 227 g/mol. The summed E-state index contributed by atoms with van der Waals surface area (Å²) in [5, 5.41) is 0.0266. The van der Waals surface area contributed by atoms with Crippen molar-refractivity contribution in [3.8, 4) is 0 Å². The zero-order valence-electron chi connectivity index (χ0n) is 7.38. The third-order valence-corrected chi connectivity index (χ3v) is 2.19. The predicted octanol–water partition coefficient (Wildman–Crippen LogP) is 2.94. The maximum Gasteiger partial charge on any atom is 0.339 e. The van der Waals surface area contributed by atoms with E-state index in [-0.39, 0.29) is 22.1 Å². The normalized spacial score (nSPS) is 10.0. The Bertz CT molecular complexity index is 368. The molecule has 0 amide bonds. The Labute approximate surface area is 91.4 Å². The van der Waals surface area contributed by atoms with Gasteiger partial charge in [0.1, 0.15) is 5.82 Å². The molecule has 14 heavy (non-hydrogen) atoms. The fourth-order valence-corrected chi connectivity index (χ4v) is 1.32. The maximum atomic E-state index is 12.9. The van der Waals surface area contributed by atoms with E-state index in [0.717, 1.165) is 6.07 Å². The minimum absolute atomic E-state index is 0.0266. The molecule has 0 spiro atoms. The van der Waals surface area contributed by atoms with Gasteiger partial charge in [-0.25, -0.2) is 9.18 Å². The molecule has 0 radical (unpaired) electrons. The average Bonchev–Trinajstić information content (AvgIpc) is 2.11. The van der Waals surface area contributed by atoms with E-state index < -0.39 is 11.8 Å². The maximum absolute atomic E-state index is 12.9. The van der Waals surface area contributed by atoms with Crippen LogP contribution >= 0.6 is 24.2 Å². The number of thiol groups is 1. The highest BCUT2D eigenvalue weighted by atomic mass is 35.5. The third kappa shape index (κ3) is 2.39. The highest BCUT2D eigenvalue weighted by Gasteiger charge is 2.14. The van der Waals surface area contributed by atoms with Crippen molar-refractivity contribution in [1.29, 1.82) is 0 Å². The molecule has 5 heteroatoms. The number of rotatable bonds is 2. The second-order valence-corrected chi connectivity index (χ2v) is 3.39. The van der Waals surface area contributed by atoms with E-state index in [0.29, 0.717) is 0 Å². The molecular formula is C9H8ClFO2S. The summed E-state index contributed by atoms with van der Waals surface area (Å²) in [6.45, 7) is 1.92. The van der Waals surface area contributed by atoms with E-state index in [2.05, 4.69) is 12.6 Å². The average molecular weight is 235 g/mol. The molecule has 1 rings (SSSR count). The Morgan fingerprint density at radius 3 is 2.86 bits per heavy atom. The summed E-state index contributed by atoms with van der Waals surface area (Å²) in [7, 11) is 0. The first-order chi connectivity index (χ1) is 6.56. The number of halogens is 2. The zero-order valence-corrected chi connectivity index (χ0v) is 9.03. The molecule has 1 aromatic rings. The topological polar surface area (TPSA) is 26.3 Å². The number of hydrogen-bond donors (Lipinski definition) is 1. The second kappa shape index (κ2) is 4.66. The lowest BCUT2D eigenvalue weighted by Crippen LogP contribution is -2.05. The molecule has 0 aliphatic heterocycles. The summed E-state index contributed by atoms with van der Waals surface area (Å²) < 4.78 is 17.6. The van der Waals surface area contributed by atoms with E-state index in [4.69, 9.17) is 16.3 Å². The molecule has 0 aliphatic carbocycles. The molecule has 0 aliphatic rings. The van der Waals surface area contributed by atoms with Crippen LogP contribution in [0.25, 0.3) is 0 Å². The highest BCUT2D eigenvalue weighted by Crippen LogP contribution is 2.23. The van der Waals surface area contributed by atoms with Crippen LogP contribution in [0.2, 0.25) is 5.02 Å². The van der Waals surface area contributed by atoms with Crippen molar-refractivity contribution in [2.24, 2.45) is 0 Å².